The maximum atomic E-state index is 2.68. The highest BCUT2D eigenvalue weighted by atomic mass is 32.1. The number of anilines is 8. The van der Waals surface area contributed by atoms with E-state index in [-0.39, 0.29) is 23.1 Å². The Balaban J connectivity index is 1.13. The van der Waals surface area contributed by atoms with Crippen molar-refractivity contribution < 1.29 is 0 Å². The van der Waals surface area contributed by atoms with Crippen LogP contribution in [-0.4, -0.2) is 6.85 Å². The maximum Gasteiger partial charge on any atom is 0.333 e. The first kappa shape index (κ1) is 49.5. The molecular weight excluding hydrogens is 962 g/mol. The van der Waals surface area contributed by atoms with Gasteiger partial charge in [-0.1, -0.05) is 208 Å². The Kier molecular flexibility index (Phi) is 11.7. The van der Waals surface area contributed by atoms with Gasteiger partial charge in [0, 0.05) is 65.5 Å². The Morgan fingerprint density at radius 3 is 1.54 bits per heavy atom. The summed E-state index contributed by atoms with van der Waals surface area (Å²) in [7, 11) is 0. The third-order valence-corrected chi connectivity index (χ3v) is 17.6. The van der Waals surface area contributed by atoms with Crippen LogP contribution in [0.25, 0.3) is 53.6 Å². The predicted octanol–water partition coefficient (Wildman–Crippen LogP) is 19.8. The van der Waals surface area contributed by atoms with Crippen molar-refractivity contribution in [2.24, 2.45) is 0 Å². The average Bonchev–Trinajstić information content (AvgIpc) is 3.92. The van der Waals surface area contributed by atoms with Gasteiger partial charge in [0.15, 0.2) is 0 Å². The van der Waals surface area contributed by atoms with Gasteiger partial charge in [0.2, 0.25) is 0 Å². The zero-order chi connectivity index (χ0) is 53.8. The van der Waals surface area contributed by atoms with E-state index in [0.29, 0.717) is 0 Å². The maximum absolute atomic E-state index is 2.68. The SMILES string of the molecule is Cc1cc(C(C)(C)C)ccc1N1c2ccc(-c3ccccc3)cc2B2c3c(cc4sc5ccccc5c4c31)-c1ccc(N(c3ccc(C(C)(C)C)cc3)c3ccc(C(C)(C)C)cc3)cc1N2c1ccc(-c2ccccc2)cc1. The lowest BCUT2D eigenvalue weighted by molar-refractivity contribution is 0.589. The molecule has 0 spiro atoms. The topological polar surface area (TPSA) is 9.72 Å². The Hall–Kier alpha value is -8.12. The van der Waals surface area contributed by atoms with Crippen LogP contribution >= 0.6 is 11.3 Å². The smallest absolute Gasteiger partial charge is 0.333 e. The zero-order valence-corrected chi connectivity index (χ0v) is 47.4. The first-order valence-electron chi connectivity index (χ1n) is 27.7. The summed E-state index contributed by atoms with van der Waals surface area (Å²) >= 11 is 1.91. The quantitative estimate of drug-likeness (QED) is 0.147. The summed E-state index contributed by atoms with van der Waals surface area (Å²) in [5, 5.41) is 2.59. The molecular formula is C73H66BN3S. The zero-order valence-electron chi connectivity index (χ0n) is 46.6. The largest absolute Gasteiger partial charge is 0.376 e. The van der Waals surface area contributed by atoms with Gasteiger partial charge in [0.1, 0.15) is 0 Å². The first-order valence-corrected chi connectivity index (χ1v) is 28.5. The summed E-state index contributed by atoms with van der Waals surface area (Å²) < 4.78 is 2.58. The molecule has 382 valence electrons. The van der Waals surface area contributed by atoms with Crippen molar-refractivity contribution in [2.45, 2.75) is 85.5 Å². The van der Waals surface area contributed by atoms with Crippen molar-refractivity contribution in [2.75, 3.05) is 14.6 Å². The molecule has 0 atom stereocenters. The van der Waals surface area contributed by atoms with Crippen LogP contribution in [-0.2, 0) is 16.2 Å². The van der Waals surface area contributed by atoms with E-state index >= 15 is 0 Å². The van der Waals surface area contributed by atoms with Gasteiger partial charge in [-0.25, -0.2) is 0 Å². The molecule has 3 heterocycles. The minimum atomic E-state index is -0.210. The van der Waals surface area contributed by atoms with E-state index in [1.807, 2.05) is 11.3 Å². The molecule has 0 fully saturated rings. The molecule has 0 saturated heterocycles. The number of hydrogen-bond acceptors (Lipinski definition) is 4. The number of nitrogens with zero attached hydrogens (tertiary/aromatic N) is 3. The van der Waals surface area contributed by atoms with Crippen LogP contribution in [0.15, 0.2) is 218 Å². The summed E-state index contributed by atoms with van der Waals surface area (Å²) in [5.41, 5.74) is 24.4. The van der Waals surface area contributed by atoms with Crippen LogP contribution in [0.2, 0.25) is 0 Å². The second kappa shape index (κ2) is 18.5. The number of hydrogen-bond donors (Lipinski definition) is 0. The van der Waals surface area contributed by atoms with Crippen LogP contribution in [0.3, 0.4) is 0 Å². The van der Waals surface area contributed by atoms with Gasteiger partial charge in [-0.3, -0.25) is 0 Å². The van der Waals surface area contributed by atoms with E-state index in [1.54, 1.807) is 0 Å². The van der Waals surface area contributed by atoms with E-state index in [0.717, 1.165) is 22.7 Å². The number of thiophene rings is 1. The molecule has 5 heteroatoms. The van der Waals surface area contributed by atoms with Crippen LogP contribution in [0.4, 0.5) is 45.5 Å². The van der Waals surface area contributed by atoms with Crippen LogP contribution in [0.5, 0.6) is 0 Å². The lowest BCUT2D eigenvalue weighted by atomic mass is 9.43. The molecule has 10 aromatic carbocycles. The molecule has 13 rings (SSSR count). The highest BCUT2D eigenvalue weighted by Gasteiger charge is 2.47. The molecule has 0 radical (unpaired) electrons. The highest BCUT2D eigenvalue weighted by molar-refractivity contribution is 7.26. The molecule has 0 bridgehead atoms. The average molecular weight is 1030 g/mol. The summed E-state index contributed by atoms with van der Waals surface area (Å²) in [5.74, 6) is 0. The third kappa shape index (κ3) is 8.42. The van der Waals surface area contributed by atoms with Crippen LogP contribution in [0, 0.1) is 6.92 Å². The van der Waals surface area contributed by atoms with Crippen LogP contribution < -0.4 is 25.5 Å². The van der Waals surface area contributed by atoms with E-state index in [1.165, 1.54) is 109 Å². The monoisotopic (exact) mass is 1030 g/mol. The van der Waals surface area contributed by atoms with Crippen molar-refractivity contribution >= 4 is 94.8 Å². The van der Waals surface area contributed by atoms with Crippen molar-refractivity contribution in [1.82, 2.24) is 0 Å². The molecule has 2 aliphatic rings. The molecule has 0 aliphatic carbocycles. The molecule has 2 aliphatic heterocycles. The molecule has 11 aromatic rings. The van der Waals surface area contributed by atoms with E-state index in [9.17, 15) is 0 Å². The number of aryl methyl sites for hydroxylation is 1. The van der Waals surface area contributed by atoms with Crippen molar-refractivity contribution in [3.05, 3.63) is 241 Å². The summed E-state index contributed by atoms with van der Waals surface area (Å²) in [6.07, 6.45) is 0. The molecule has 0 unspecified atom stereocenters. The fraction of sp³-hybridized carbons (Fsp3) is 0.178. The van der Waals surface area contributed by atoms with Gasteiger partial charge in [0.05, 0.1) is 5.69 Å². The molecule has 1 aromatic heterocycles. The normalized spacial score (nSPS) is 13.2. The molecule has 0 N–H and O–H groups in total. The van der Waals surface area contributed by atoms with Gasteiger partial charge < -0.3 is 14.6 Å². The number of fused-ring (bicyclic) bond motifs is 8. The van der Waals surface area contributed by atoms with Gasteiger partial charge in [0.25, 0.3) is 0 Å². The second-order valence-corrected chi connectivity index (χ2v) is 25.8. The minimum absolute atomic E-state index is 0.00196. The van der Waals surface area contributed by atoms with E-state index < -0.39 is 0 Å². The lowest BCUT2D eigenvalue weighted by Gasteiger charge is -2.46. The van der Waals surface area contributed by atoms with E-state index in [4.69, 9.17) is 0 Å². The molecule has 3 nitrogen and oxygen atoms in total. The molecule has 78 heavy (non-hydrogen) atoms. The first-order chi connectivity index (χ1) is 37.5. The second-order valence-electron chi connectivity index (χ2n) is 24.7. The van der Waals surface area contributed by atoms with Crippen molar-refractivity contribution in [3.63, 3.8) is 0 Å². The summed E-state index contributed by atoms with van der Waals surface area (Å²) in [4.78, 5) is 7.78. The third-order valence-electron chi connectivity index (χ3n) is 16.4. The minimum Gasteiger partial charge on any atom is -0.376 e. The van der Waals surface area contributed by atoms with Gasteiger partial charge in [-0.15, -0.1) is 11.3 Å². The highest BCUT2D eigenvalue weighted by Crippen LogP contribution is 2.54. The van der Waals surface area contributed by atoms with Gasteiger partial charge in [-0.05, 0) is 157 Å². The lowest BCUT2D eigenvalue weighted by Crippen LogP contribution is -2.61. The van der Waals surface area contributed by atoms with E-state index in [2.05, 4.69) is 302 Å². The fourth-order valence-electron chi connectivity index (χ4n) is 12.2. The summed E-state index contributed by atoms with van der Waals surface area (Å²) in [6, 6.07) is 82.8. The standard InChI is InChI=1S/C73H66BN3S/c1-47-43-54(73(8,9)10)32-42-63(47)76-64-41-27-51(49-21-15-12-16-22-49)44-62(64)74-69-61(46-67-68(70(69)76)60-23-17-18-24-66(60)78-67)59-40-39-58(45-65(59)77(74)57-33-25-50(26-34-57)48-19-13-11-14-20-48)75(55-35-28-52(29-36-55)71(2,3)4)56-37-30-53(31-38-56)72(5,6)7/h11-46H,1-10H3. The molecule has 0 saturated carbocycles. The Morgan fingerprint density at radius 2 is 0.936 bits per heavy atom. The molecule has 0 amide bonds. The summed E-state index contributed by atoms with van der Waals surface area (Å²) in [6.45, 7) is 22.8. The van der Waals surface area contributed by atoms with Crippen molar-refractivity contribution in [1.29, 1.82) is 0 Å². The van der Waals surface area contributed by atoms with Gasteiger partial charge >= 0.3 is 6.85 Å². The van der Waals surface area contributed by atoms with Crippen molar-refractivity contribution in [3.8, 4) is 33.4 Å². The Morgan fingerprint density at radius 1 is 0.410 bits per heavy atom. The predicted molar refractivity (Wildman–Crippen MR) is 339 cm³/mol. The fourth-order valence-corrected chi connectivity index (χ4v) is 13.3. The van der Waals surface area contributed by atoms with Gasteiger partial charge in [-0.2, -0.15) is 0 Å². The number of benzene rings is 10. The Labute approximate surface area is 466 Å². The van der Waals surface area contributed by atoms with Crippen LogP contribution in [0.1, 0.15) is 84.6 Å². The number of rotatable bonds is 7. The Bertz CT molecular complexity index is 4020.